The zero-order valence-electron chi connectivity index (χ0n) is 11.4. The molecule has 0 heterocycles. The molecule has 0 amide bonds. The van der Waals surface area contributed by atoms with E-state index in [4.69, 9.17) is 0 Å². The van der Waals surface area contributed by atoms with Crippen molar-refractivity contribution in [3.63, 3.8) is 0 Å². The van der Waals surface area contributed by atoms with Crippen LogP contribution in [-0.2, 0) is 0 Å². The van der Waals surface area contributed by atoms with Crippen LogP contribution in [0.1, 0.15) is 25.3 Å². The second-order valence-corrected chi connectivity index (χ2v) is 14.4. The number of unbranched alkanes of at least 4 members (excludes halogenated alkanes) is 1. The van der Waals surface area contributed by atoms with Crippen molar-refractivity contribution in [2.75, 3.05) is 6.54 Å². The molecule has 0 aliphatic carbocycles. The van der Waals surface area contributed by atoms with Crippen LogP contribution in [0.4, 0.5) is 0 Å². The lowest BCUT2D eigenvalue weighted by Gasteiger charge is -2.14. The zero-order chi connectivity index (χ0) is 12.7. The lowest BCUT2D eigenvalue weighted by Crippen LogP contribution is -2.13. The van der Waals surface area contributed by atoms with Gasteiger partial charge in [-0.05, 0) is 24.1 Å². The topological polar surface area (TPSA) is 12.4 Å². The van der Waals surface area contributed by atoms with Crippen LogP contribution in [0.3, 0.4) is 0 Å². The first kappa shape index (κ1) is 14.5. The summed E-state index contributed by atoms with van der Waals surface area (Å²) < 4.78 is 0. The van der Waals surface area contributed by atoms with E-state index in [1.807, 2.05) is 17.4 Å². The van der Waals surface area contributed by atoms with Crippen LogP contribution in [0.2, 0.25) is 19.6 Å². The standard InChI is InChI=1S/C14H23NSSi/c1-5-6-11-15-12-13-7-9-14(10-8-13)16-17(2,3)4/h7-10,12H,5-6,11H2,1-4H3/b15-12+. The lowest BCUT2D eigenvalue weighted by atomic mass is 10.2. The number of hydrogen-bond acceptors (Lipinski definition) is 2. The van der Waals surface area contributed by atoms with Crippen molar-refractivity contribution in [2.24, 2.45) is 4.99 Å². The Labute approximate surface area is 110 Å². The summed E-state index contributed by atoms with van der Waals surface area (Å²) in [7, 11) is -1.07. The van der Waals surface area contributed by atoms with Gasteiger partial charge in [0, 0.05) is 17.7 Å². The molecule has 0 aliphatic rings. The van der Waals surface area contributed by atoms with E-state index in [0.717, 1.165) is 6.54 Å². The van der Waals surface area contributed by atoms with Crippen molar-refractivity contribution in [1.82, 2.24) is 0 Å². The first-order valence-electron chi connectivity index (χ1n) is 6.30. The quantitative estimate of drug-likeness (QED) is 0.407. The Morgan fingerprint density at radius 3 is 2.35 bits per heavy atom. The van der Waals surface area contributed by atoms with Crippen molar-refractivity contribution < 1.29 is 0 Å². The number of benzene rings is 1. The maximum absolute atomic E-state index is 4.41. The van der Waals surface area contributed by atoms with E-state index >= 15 is 0 Å². The molecule has 17 heavy (non-hydrogen) atoms. The predicted octanol–water partition coefficient (Wildman–Crippen LogP) is 4.83. The minimum absolute atomic E-state index is 0.946. The molecule has 0 bridgehead atoms. The zero-order valence-corrected chi connectivity index (χ0v) is 13.2. The Kier molecular flexibility index (Phi) is 5.99. The van der Waals surface area contributed by atoms with Crippen LogP contribution in [-0.4, -0.2) is 20.0 Å². The molecule has 0 aliphatic heterocycles. The monoisotopic (exact) mass is 265 g/mol. The average Bonchev–Trinajstić information content (AvgIpc) is 2.25. The minimum atomic E-state index is -1.07. The highest BCUT2D eigenvalue weighted by atomic mass is 32.4. The van der Waals surface area contributed by atoms with E-state index in [1.54, 1.807) is 0 Å². The number of nitrogens with zero attached hydrogens (tertiary/aromatic N) is 1. The van der Waals surface area contributed by atoms with Gasteiger partial charge in [0.1, 0.15) is 7.22 Å². The molecule has 0 spiro atoms. The molecule has 1 nitrogen and oxygen atoms in total. The molecule has 0 atom stereocenters. The third kappa shape index (κ3) is 6.69. The van der Waals surface area contributed by atoms with Crippen LogP contribution in [0, 0.1) is 0 Å². The molecule has 1 rings (SSSR count). The summed E-state index contributed by atoms with van der Waals surface area (Å²) in [6.07, 6.45) is 4.38. The fourth-order valence-electron chi connectivity index (χ4n) is 1.39. The molecule has 94 valence electrons. The second kappa shape index (κ2) is 7.02. The molecule has 0 N–H and O–H groups in total. The molecule has 0 radical (unpaired) electrons. The number of hydrogen-bond donors (Lipinski definition) is 0. The Bertz CT molecular complexity index is 351. The third-order valence-electron chi connectivity index (χ3n) is 2.19. The van der Waals surface area contributed by atoms with Crippen LogP contribution in [0.5, 0.6) is 0 Å². The Morgan fingerprint density at radius 2 is 1.82 bits per heavy atom. The highest BCUT2D eigenvalue weighted by Gasteiger charge is 2.14. The highest BCUT2D eigenvalue weighted by molar-refractivity contribution is 8.28. The van der Waals surface area contributed by atoms with Gasteiger partial charge in [0.2, 0.25) is 0 Å². The van der Waals surface area contributed by atoms with E-state index < -0.39 is 7.22 Å². The highest BCUT2D eigenvalue weighted by Crippen LogP contribution is 2.28. The van der Waals surface area contributed by atoms with E-state index in [1.165, 1.54) is 23.3 Å². The van der Waals surface area contributed by atoms with Crippen LogP contribution >= 0.6 is 11.2 Å². The molecule has 0 fully saturated rings. The van der Waals surface area contributed by atoms with E-state index in [0.29, 0.717) is 0 Å². The van der Waals surface area contributed by atoms with Crippen molar-refractivity contribution in [3.8, 4) is 0 Å². The molecule has 0 saturated heterocycles. The summed E-state index contributed by atoms with van der Waals surface area (Å²) in [4.78, 5) is 5.80. The first-order chi connectivity index (χ1) is 8.01. The van der Waals surface area contributed by atoms with Gasteiger partial charge in [0.15, 0.2) is 0 Å². The van der Waals surface area contributed by atoms with E-state index in [9.17, 15) is 0 Å². The van der Waals surface area contributed by atoms with Crippen LogP contribution < -0.4 is 0 Å². The summed E-state index contributed by atoms with van der Waals surface area (Å²) in [6, 6.07) is 8.75. The van der Waals surface area contributed by atoms with Crippen molar-refractivity contribution in [3.05, 3.63) is 29.8 Å². The number of rotatable bonds is 6. The molecule has 0 aromatic heterocycles. The smallest absolute Gasteiger partial charge is 0.114 e. The summed E-state index contributed by atoms with van der Waals surface area (Å²) >= 11 is 2.04. The van der Waals surface area contributed by atoms with Gasteiger partial charge in [-0.25, -0.2) is 0 Å². The first-order valence-corrected chi connectivity index (χ1v) is 11.3. The molecular weight excluding hydrogens is 242 g/mol. The maximum atomic E-state index is 4.41. The van der Waals surface area contributed by atoms with Gasteiger partial charge < -0.3 is 0 Å². The molecule has 3 heteroatoms. The summed E-state index contributed by atoms with van der Waals surface area (Å²) in [5, 5.41) is 0. The van der Waals surface area contributed by atoms with E-state index in [2.05, 4.69) is 55.8 Å². The van der Waals surface area contributed by atoms with Gasteiger partial charge in [-0.3, -0.25) is 4.99 Å². The van der Waals surface area contributed by atoms with Gasteiger partial charge in [0.05, 0.1) is 0 Å². The molecule has 1 aromatic carbocycles. The van der Waals surface area contributed by atoms with Crippen molar-refractivity contribution in [2.45, 2.75) is 44.3 Å². The van der Waals surface area contributed by atoms with Gasteiger partial charge in [-0.2, -0.15) is 11.2 Å². The van der Waals surface area contributed by atoms with Gasteiger partial charge in [-0.1, -0.05) is 45.1 Å². The largest absolute Gasteiger partial charge is 0.293 e. The van der Waals surface area contributed by atoms with Gasteiger partial charge >= 0.3 is 0 Å². The van der Waals surface area contributed by atoms with Gasteiger partial charge in [-0.15, -0.1) is 0 Å². The van der Waals surface area contributed by atoms with Gasteiger partial charge in [0.25, 0.3) is 0 Å². The van der Waals surface area contributed by atoms with Crippen molar-refractivity contribution in [1.29, 1.82) is 0 Å². The molecule has 0 saturated carbocycles. The Balaban J connectivity index is 2.53. The lowest BCUT2D eigenvalue weighted by molar-refractivity contribution is 0.810. The summed E-state index contributed by atoms with van der Waals surface area (Å²) in [5.41, 5.74) is 1.21. The minimum Gasteiger partial charge on any atom is -0.293 e. The maximum Gasteiger partial charge on any atom is 0.114 e. The second-order valence-electron chi connectivity index (χ2n) is 5.17. The van der Waals surface area contributed by atoms with Crippen LogP contribution in [0.25, 0.3) is 0 Å². The van der Waals surface area contributed by atoms with Crippen LogP contribution in [0.15, 0.2) is 34.2 Å². The van der Waals surface area contributed by atoms with E-state index in [-0.39, 0.29) is 0 Å². The molecular formula is C14H23NSSi. The Hall–Kier alpha value is -0.543. The van der Waals surface area contributed by atoms with Crippen molar-refractivity contribution >= 4 is 24.6 Å². The molecule has 1 aromatic rings. The SMILES string of the molecule is CCCC/N=C/c1ccc(S[Si](C)(C)C)cc1. The normalized spacial score (nSPS) is 12.2. The molecule has 0 unspecified atom stereocenters. The fraction of sp³-hybridized carbons (Fsp3) is 0.500. The summed E-state index contributed by atoms with van der Waals surface area (Å²) in [5.74, 6) is 0. The predicted molar refractivity (Wildman–Crippen MR) is 83.0 cm³/mol. The Morgan fingerprint density at radius 1 is 1.18 bits per heavy atom. The number of aliphatic imine (C=N–C) groups is 1. The average molecular weight is 265 g/mol. The third-order valence-corrected chi connectivity index (χ3v) is 5.85. The fourth-order valence-corrected chi connectivity index (χ4v) is 4.90. The summed E-state index contributed by atoms with van der Waals surface area (Å²) in [6.45, 7) is 10.3.